The maximum absolute atomic E-state index is 14.2. The summed E-state index contributed by atoms with van der Waals surface area (Å²) in [7, 11) is 0. The van der Waals surface area contributed by atoms with Crippen LogP contribution < -0.4 is 5.73 Å². The van der Waals surface area contributed by atoms with Gasteiger partial charge < -0.3 is 5.73 Å². The maximum Gasteiger partial charge on any atom is 0.190 e. The lowest BCUT2D eigenvalue weighted by atomic mass is 10.2. The van der Waals surface area contributed by atoms with Gasteiger partial charge in [-0.2, -0.15) is 4.68 Å². The van der Waals surface area contributed by atoms with Crippen molar-refractivity contribution in [2.75, 3.05) is 5.73 Å². The molecule has 0 spiro atoms. The van der Waals surface area contributed by atoms with E-state index in [-0.39, 0.29) is 28.2 Å². The molecule has 0 amide bonds. The summed E-state index contributed by atoms with van der Waals surface area (Å²) in [4.78, 5) is 3.93. The number of nitrogens with zero attached hydrogens (tertiary/aromatic N) is 5. The summed E-state index contributed by atoms with van der Waals surface area (Å²) < 4.78 is 29.3. The summed E-state index contributed by atoms with van der Waals surface area (Å²) >= 11 is 3.10. The van der Waals surface area contributed by atoms with Crippen molar-refractivity contribution in [2.45, 2.75) is 5.33 Å². The lowest BCUT2D eigenvalue weighted by Gasteiger charge is -2.09. The fraction of sp³-hybridized carbons (Fsp3) is 0.0769. The zero-order chi connectivity index (χ0) is 15.7. The standard InChI is InChI=1S/C13H9BrF2N6/c14-6-7-3-4-9(11(16)10(7)15)22-13(19-20-21-22)8-2-1-5-18-12(8)17/h1-5H,6H2,(H2,17,18). The van der Waals surface area contributed by atoms with Crippen molar-refractivity contribution in [3.8, 4) is 17.1 Å². The highest BCUT2D eigenvalue weighted by Gasteiger charge is 2.20. The third-order valence-electron chi connectivity index (χ3n) is 3.06. The number of tetrazole rings is 1. The van der Waals surface area contributed by atoms with Crippen LogP contribution in [0.15, 0.2) is 30.5 Å². The van der Waals surface area contributed by atoms with Crippen LogP contribution in [0.3, 0.4) is 0 Å². The highest BCUT2D eigenvalue weighted by atomic mass is 79.9. The predicted octanol–water partition coefficient (Wildman–Crippen LogP) is 2.48. The highest BCUT2D eigenvalue weighted by molar-refractivity contribution is 9.08. The van der Waals surface area contributed by atoms with Gasteiger partial charge in [-0.05, 0) is 28.6 Å². The van der Waals surface area contributed by atoms with Crippen molar-refractivity contribution in [2.24, 2.45) is 0 Å². The molecule has 0 fully saturated rings. The quantitative estimate of drug-likeness (QED) is 0.720. The average molecular weight is 367 g/mol. The molecule has 0 aliphatic carbocycles. The number of hydrogen-bond donors (Lipinski definition) is 1. The molecule has 0 bridgehead atoms. The fourth-order valence-electron chi connectivity index (χ4n) is 1.97. The van der Waals surface area contributed by atoms with Gasteiger partial charge in [0.2, 0.25) is 0 Å². The van der Waals surface area contributed by atoms with Gasteiger partial charge in [0.1, 0.15) is 11.5 Å². The van der Waals surface area contributed by atoms with Crippen molar-refractivity contribution >= 4 is 21.7 Å². The van der Waals surface area contributed by atoms with E-state index in [1.165, 1.54) is 18.3 Å². The average Bonchev–Trinajstić information content (AvgIpc) is 2.99. The first-order chi connectivity index (χ1) is 10.6. The molecule has 3 rings (SSSR count). The second kappa shape index (κ2) is 5.76. The van der Waals surface area contributed by atoms with Crippen LogP contribution in [0.25, 0.3) is 17.1 Å². The maximum atomic E-state index is 14.2. The molecule has 2 aromatic heterocycles. The van der Waals surface area contributed by atoms with E-state index in [2.05, 4.69) is 36.4 Å². The van der Waals surface area contributed by atoms with E-state index in [4.69, 9.17) is 5.73 Å². The molecule has 2 heterocycles. The van der Waals surface area contributed by atoms with E-state index in [0.717, 1.165) is 4.68 Å². The minimum absolute atomic E-state index is 0.106. The molecule has 0 saturated carbocycles. The molecule has 2 N–H and O–H groups in total. The molecule has 0 radical (unpaired) electrons. The van der Waals surface area contributed by atoms with Crippen molar-refractivity contribution < 1.29 is 8.78 Å². The van der Waals surface area contributed by atoms with Gasteiger partial charge >= 0.3 is 0 Å². The van der Waals surface area contributed by atoms with Crippen LogP contribution in [0.4, 0.5) is 14.6 Å². The van der Waals surface area contributed by atoms with Gasteiger partial charge in [0.15, 0.2) is 17.5 Å². The Morgan fingerprint density at radius 2 is 2.00 bits per heavy atom. The molecule has 0 aliphatic rings. The molecule has 6 nitrogen and oxygen atoms in total. The summed E-state index contributed by atoms with van der Waals surface area (Å²) in [6, 6.07) is 6.16. The number of aromatic nitrogens is 5. The van der Waals surface area contributed by atoms with Crippen LogP contribution in [0.5, 0.6) is 0 Å². The fourth-order valence-corrected chi connectivity index (χ4v) is 2.40. The Kier molecular flexibility index (Phi) is 3.80. The van der Waals surface area contributed by atoms with Crippen molar-refractivity contribution in [1.82, 2.24) is 25.2 Å². The number of nitrogens with two attached hydrogens (primary N) is 1. The largest absolute Gasteiger partial charge is 0.383 e. The number of rotatable bonds is 3. The zero-order valence-corrected chi connectivity index (χ0v) is 12.6. The first kappa shape index (κ1) is 14.5. The Hall–Kier alpha value is -2.42. The molecular weight excluding hydrogens is 358 g/mol. The van der Waals surface area contributed by atoms with Gasteiger partial charge in [0, 0.05) is 17.1 Å². The van der Waals surface area contributed by atoms with E-state index < -0.39 is 11.6 Å². The van der Waals surface area contributed by atoms with E-state index in [0.29, 0.717) is 5.56 Å². The van der Waals surface area contributed by atoms with Gasteiger partial charge in [0.05, 0.1) is 5.56 Å². The van der Waals surface area contributed by atoms with Crippen LogP contribution in [0, 0.1) is 11.6 Å². The van der Waals surface area contributed by atoms with Crippen molar-refractivity contribution in [3.05, 3.63) is 47.7 Å². The smallest absolute Gasteiger partial charge is 0.190 e. The van der Waals surface area contributed by atoms with Gasteiger partial charge in [-0.25, -0.2) is 13.8 Å². The Bertz CT molecular complexity index is 835. The van der Waals surface area contributed by atoms with Gasteiger partial charge in [-0.3, -0.25) is 0 Å². The topological polar surface area (TPSA) is 82.5 Å². The second-order valence-electron chi connectivity index (χ2n) is 4.36. The molecule has 0 saturated heterocycles. The number of halogens is 3. The van der Waals surface area contributed by atoms with Crippen LogP contribution in [-0.2, 0) is 5.33 Å². The lowest BCUT2D eigenvalue weighted by molar-refractivity contribution is 0.495. The molecule has 9 heteroatoms. The van der Waals surface area contributed by atoms with E-state index >= 15 is 0 Å². The highest BCUT2D eigenvalue weighted by Crippen LogP contribution is 2.26. The first-order valence-electron chi connectivity index (χ1n) is 6.16. The summed E-state index contributed by atoms with van der Waals surface area (Å²) in [5, 5.41) is 11.2. The molecule has 0 unspecified atom stereocenters. The number of benzene rings is 1. The zero-order valence-electron chi connectivity index (χ0n) is 11.0. The van der Waals surface area contributed by atoms with E-state index in [1.807, 2.05) is 0 Å². The summed E-state index contributed by atoms with van der Waals surface area (Å²) in [6.07, 6.45) is 1.51. The third kappa shape index (κ3) is 2.33. The monoisotopic (exact) mass is 366 g/mol. The molecule has 112 valence electrons. The molecule has 0 atom stereocenters. The summed E-state index contributed by atoms with van der Waals surface area (Å²) in [5.74, 6) is -1.62. The number of anilines is 1. The molecular formula is C13H9BrF2N6. The van der Waals surface area contributed by atoms with Crippen LogP contribution in [0.1, 0.15) is 5.56 Å². The molecule has 3 aromatic rings. The van der Waals surface area contributed by atoms with Crippen molar-refractivity contribution in [1.29, 1.82) is 0 Å². The normalized spacial score (nSPS) is 10.9. The Labute approximate surface area is 132 Å². The Morgan fingerprint density at radius 3 is 2.73 bits per heavy atom. The summed E-state index contributed by atoms with van der Waals surface area (Å²) in [6.45, 7) is 0. The van der Waals surface area contributed by atoms with Gasteiger partial charge in [-0.15, -0.1) is 5.10 Å². The Morgan fingerprint density at radius 1 is 1.18 bits per heavy atom. The van der Waals surface area contributed by atoms with Gasteiger partial charge in [-0.1, -0.05) is 22.0 Å². The molecule has 22 heavy (non-hydrogen) atoms. The lowest BCUT2D eigenvalue weighted by Crippen LogP contribution is -2.07. The SMILES string of the molecule is Nc1ncccc1-c1nnnn1-c1ccc(CBr)c(F)c1F. The number of pyridine rings is 1. The third-order valence-corrected chi connectivity index (χ3v) is 3.67. The number of nitrogen functional groups attached to an aromatic ring is 1. The Balaban J connectivity index is 2.18. The summed E-state index contributed by atoms with van der Waals surface area (Å²) in [5.41, 5.74) is 6.31. The number of alkyl halides is 1. The predicted molar refractivity (Wildman–Crippen MR) is 79.3 cm³/mol. The first-order valence-corrected chi connectivity index (χ1v) is 7.28. The second-order valence-corrected chi connectivity index (χ2v) is 4.92. The molecule has 0 aliphatic heterocycles. The van der Waals surface area contributed by atoms with Crippen molar-refractivity contribution in [3.63, 3.8) is 0 Å². The van der Waals surface area contributed by atoms with Crippen LogP contribution in [0.2, 0.25) is 0 Å². The van der Waals surface area contributed by atoms with E-state index in [1.54, 1.807) is 12.1 Å². The van der Waals surface area contributed by atoms with Crippen LogP contribution in [-0.4, -0.2) is 25.2 Å². The van der Waals surface area contributed by atoms with Crippen LogP contribution >= 0.6 is 15.9 Å². The minimum atomic E-state index is -1.03. The van der Waals surface area contributed by atoms with E-state index in [9.17, 15) is 8.78 Å². The number of hydrogen-bond acceptors (Lipinski definition) is 5. The molecule has 1 aromatic carbocycles. The van der Waals surface area contributed by atoms with Gasteiger partial charge in [0.25, 0.3) is 0 Å². The minimum Gasteiger partial charge on any atom is -0.383 e.